The molecule has 0 spiro atoms. The summed E-state index contributed by atoms with van der Waals surface area (Å²) in [6.07, 6.45) is 5.09. The van der Waals surface area contributed by atoms with E-state index in [0.717, 1.165) is 17.1 Å². The maximum atomic E-state index is 11.7. The second-order valence-electron chi connectivity index (χ2n) is 4.50. The van der Waals surface area contributed by atoms with Crippen LogP contribution in [0.25, 0.3) is 10.8 Å². The van der Waals surface area contributed by atoms with E-state index in [0.29, 0.717) is 11.3 Å². The molecule has 21 heavy (non-hydrogen) atoms. The summed E-state index contributed by atoms with van der Waals surface area (Å²) in [5.41, 5.74) is 0.435. The van der Waals surface area contributed by atoms with Gasteiger partial charge in [0.2, 0.25) is 0 Å². The maximum Gasteiger partial charge on any atom is 0.261 e. The average molecular weight is 281 g/mol. The minimum Gasteiger partial charge on any atom is -0.480 e. The van der Waals surface area contributed by atoms with Crippen molar-refractivity contribution in [3.8, 4) is 18.1 Å². The van der Waals surface area contributed by atoms with Gasteiger partial charge in [-0.15, -0.1) is 6.42 Å². The lowest BCUT2D eigenvalue weighted by atomic mass is 10.0. The SMILES string of the molecule is C#CCNC(=O)C(C)Oc1ccc2ccccc2c1C=O. The van der Waals surface area contributed by atoms with Gasteiger partial charge in [-0.3, -0.25) is 9.59 Å². The molecule has 0 aliphatic carbocycles. The number of terminal acetylenes is 1. The molecule has 2 aromatic rings. The van der Waals surface area contributed by atoms with Crippen LogP contribution in [-0.2, 0) is 4.79 Å². The van der Waals surface area contributed by atoms with Gasteiger partial charge in [0, 0.05) is 0 Å². The number of rotatable bonds is 5. The number of aldehydes is 1. The number of amides is 1. The van der Waals surface area contributed by atoms with E-state index in [1.807, 2.05) is 30.3 Å². The fraction of sp³-hybridized carbons (Fsp3) is 0.176. The molecule has 0 aromatic heterocycles. The van der Waals surface area contributed by atoms with Crippen LogP contribution in [0.4, 0.5) is 0 Å². The van der Waals surface area contributed by atoms with Crippen molar-refractivity contribution in [2.75, 3.05) is 6.54 Å². The molecule has 2 rings (SSSR count). The van der Waals surface area contributed by atoms with Gasteiger partial charge in [-0.2, -0.15) is 0 Å². The molecule has 0 bridgehead atoms. The number of hydrogen-bond acceptors (Lipinski definition) is 3. The van der Waals surface area contributed by atoms with Crippen molar-refractivity contribution in [3.63, 3.8) is 0 Å². The highest BCUT2D eigenvalue weighted by Gasteiger charge is 2.16. The topological polar surface area (TPSA) is 55.4 Å². The Labute approximate surface area is 123 Å². The highest BCUT2D eigenvalue weighted by atomic mass is 16.5. The van der Waals surface area contributed by atoms with Crippen molar-refractivity contribution in [1.29, 1.82) is 0 Å². The largest absolute Gasteiger partial charge is 0.480 e. The molecule has 1 unspecified atom stereocenters. The van der Waals surface area contributed by atoms with Crippen LogP contribution in [0.15, 0.2) is 36.4 Å². The molecule has 1 atom stereocenters. The summed E-state index contributed by atoms with van der Waals surface area (Å²) >= 11 is 0. The molecule has 0 saturated heterocycles. The van der Waals surface area contributed by atoms with Crippen LogP contribution < -0.4 is 10.1 Å². The standard InChI is InChI=1S/C17H15NO3/c1-3-10-18-17(20)12(2)21-16-9-8-13-6-4-5-7-14(13)15(16)11-19/h1,4-9,11-12H,10H2,2H3,(H,18,20). The lowest BCUT2D eigenvalue weighted by Crippen LogP contribution is -2.36. The molecule has 0 fully saturated rings. The highest BCUT2D eigenvalue weighted by molar-refractivity contribution is 6.00. The summed E-state index contributed by atoms with van der Waals surface area (Å²) in [4.78, 5) is 23.1. The Morgan fingerprint density at radius 2 is 2.14 bits per heavy atom. The van der Waals surface area contributed by atoms with E-state index in [-0.39, 0.29) is 12.5 Å². The van der Waals surface area contributed by atoms with Crippen molar-refractivity contribution in [2.24, 2.45) is 0 Å². The van der Waals surface area contributed by atoms with E-state index in [4.69, 9.17) is 11.2 Å². The number of ether oxygens (including phenoxy) is 1. The first-order chi connectivity index (χ1) is 10.2. The predicted octanol–water partition coefficient (Wildman–Crippen LogP) is 2.17. The number of carbonyl (C=O) groups excluding carboxylic acids is 2. The number of nitrogens with one attached hydrogen (secondary N) is 1. The Morgan fingerprint density at radius 3 is 2.86 bits per heavy atom. The van der Waals surface area contributed by atoms with E-state index in [1.165, 1.54) is 0 Å². The number of hydrogen-bond donors (Lipinski definition) is 1. The van der Waals surface area contributed by atoms with Crippen molar-refractivity contribution < 1.29 is 14.3 Å². The second kappa shape index (κ2) is 6.58. The molecular weight excluding hydrogens is 266 g/mol. The number of benzene rings is 2. The molecule has 0 aliphatic heterocycles. The first-order valence-electron chi connectivity index (χ1n) is 6.52. The lowest BCUT2D eigenvalue weighted by Gasteiger charge is -2.16. The van der Waals surface area contributed by atoms with Crippen LogP contribution in [0.2, 0.25) is 0 Å². The van der Waals surface area contributed by atoms with Crippen LogP contribution in [-0.4, -0.2) is 24.8 Å². The van der Waals surface area contributed by atoms with E-state index >= 15 is 0 Å². The van der Waals surface area contributed by atoms with Gasteiger partial charge in [-0.05, 0) is 23.8 Å². The van der Waals surface area contributed by atoms with Crippen molar-refractivity contribution >= 4 is 23.0 Å². The third kappa shape index (κ3) is 3.21. The van der Waals surface area contributed by atoms with Crippen LogP contribution in [0.1, 0.15) is 17.3 Å². The first kappa shape index (κ1) is 14.6. The zero-order valence-corrected chi connectivity index (χ0v) is 11.6. The van der Waals surface area contributed by atoms with Crippen LogP contribution in [0.3, 0.4) is 0 Å². The van der Waals surface area contributed by atoms with Crippen LogP contribution in [0, 0.1) is 12.3 Å². The Morgan fingerprint density at radius 1 is 1.38 bits per heavy atom. The molecule has 0 saturated carbocycles. The van der Waals surface area contributed by atoms with Gasteiger partial charge in [0.1, 0.15) is 5.75 Å². The lowest BCUT2D eigenvalue weighted by molar-refractivity contribution is -0.127. The fourth-order valence-electron chi connectivity index (χ4n) is 2.03. The summed E-state index contributed by atoms with van der Waals surface area (Å²) in [5, 5.41) is 4.27. The number of carbonyl (C=O) groups is 2. The summed E-state index contributed by atoms with van der Waals surface area (Å²) in [7, 11) is 0. The van der Waals surface area contributed by atoms with Gasteiger partial charge in [-0.25, -0.2) is 0 Å². The van der Waals surface area contributed by atoms with Gasteiger partial charge < -0.3 is 10.1 Å². The zero-order chi connectivity index (χ0) is 15.2. The van der Waals surface area contributed by atoms with E-state index in [1.54, 1.807) is 13.0 Å². The molecular formula is C17H15NO3. The average Bonchev–Trinajstić information content (AvgIpc) is 2.52. The van der Waals surface area contributed by atoms with Crippen LogP contribution >= 0.6 is 0 Å². The summed E-state index contributed by atoms with van der Waals surface area (Å²) < 4.78 is 5.59. The smallest absolute Gasteiger partial charge is 0.261 e. The third-order valence-electron chi connectivity index (χ3n) is 3.09. The zero-order valence-electron chi connectivity index (χ0n) is 11.6. The molecule has 1 N–H and O–H groups in total. The minimum absolute atomic E-state index is 0.144. The predicted molar refractivity (Wildman–Crippen MR) is 81.3 cm³/mol. The molecule has 106 valence electrons. The van der Waals surface area contributed by atoms with E-state index in [2.05, 4.69) is 11.2 Å². The number of fused-ring (bicyclic) bond motifs is 1. The summed E-state index contributed by atoms with van der Waals surface area (Å²) in [6, 6.07) is 11.0. The summed E-state index contributed by atoms with van der Waals surface area (Å²) in [5.74, 6) is 2.38. The molecule has 0 heterocycles. The molecule has 4 heteroatoms. The highest BCUT2D eigenvalue weighted by Crippen LogP contribution is 2.27. The third-order valence-corrected chi connectivity index (χ3v) is 3.09. The Kier molecular flexibility index (Phi) is 4.57. The Hall–Kier alpha value is -2.80. The summed E-state index contributed by atoms with van der Waals surface area (Å²) in [6.45, 7) is 1.75. The van der Waals surface area contributed by atoms with Gasteiger partial charge >= 0.3 is 0 Å². The van der Waals surface area contributed by atoms with Gasteiger partial charge in [0.05, 0.1) is 12.1 Å². The van der Waals surface area contributed by atoms with E-state index in [9.17, 15) is 9.59 Å². The van der Waals surface area contributed by atoms with Crippen molar-refractivity contribution in [1.82, 2.24) is 5.32 Å². The van der Waals surface area contributed by atoms with Gasteiger partial charge in [0.15, 0.2) is 12.4 Å². The minimum atomic E-state index is -0.738. The maximum absolute atomic E-state index is 11.7. The van der Waals surface area contributed by atoms with Gasteiger partial charge in [-0.1, -0.05) is 36.3 Å². The molecule has 4 nitrogen and oxygen atoms in total. The fourth-order valence-corrected chi connectivity index (χ4v) is 2.03. The molecule has 0 aliphatic rings. The van der Waals surface area contributed by atoms with Gasteiger partial charge in [0.25, 0.3) is 5.91 Å². The quantitative estimate of drug-likeness (QED) is 0.675. The Bertz CT molecular complexity index is 716. The molecule has 1 amide bonds. The van der Waals surface area contributed by atoms with Crippen molar-refractivity contribution in [2.45, 2.75) is 13.0 Å². The van der Waals surface area contributed by atoms with Crippen molar-refractivity contribution in [3.05, 3.63) is 42.0 Å². The first-order valence-corrected chi connectivity index (χ1v) is 6.52. The van der Waals surface area contributed by atoms with Crippen LogP contribution in [0.5, 0.6) is 5.75 Å². The Balaban J connectivity index is 2.28. The normalized spacial score (nSPS) is 11.4. The molecule has 0 radical (unpaired) electrons. The van der Waals surface area contributed by atoms with E-state index < -0.39 is 6.10 Å². The molecule has 2 aromatic carbocycles. The second-order valence-corrected chi connectivity index (χ2v) is 4.50. The monoisotopic (exact) mass is 281 g/mol.